The molecule has 5 nitrogen and oxygen atoms in total. The Morgan fingerprint density at radius 2 is 2.33 bits per heavy atom. The van der Waals surface area contributed by atoms with Crippen LogP contribution in [0.1, 0.15) is 19.2 Å². The fraction of sp³-hybridized carbons (Fsp3) is 0.692. The molecule has 18 heavy (non-hydrogen) atoms. The van der Waals surface area contributed by atoms with Crippen molar-refractivity contribution in [3.8, 4) is 5.88 Å². The zero-order valence-electron chi connectivity index (χ0n) is 11.4. The van der Waals surface area contributed by atoms with Gasteiger partial charge in [-0.25, -0.2) is 4.98 Å². The van der Waals surface area contributed by atoms with Gasteiger partial charge >= 0.3 is 0 Å². The first-order valence-electron chi connectivity index (χ1n) is 6.57. The molecule has 1 unspecified atom stereocenters. The van der Waals surface area contributed by atoms with Crippen molar-refractivity contribution >= 4 is 5.82 Å². The van der Waals surface area contributed by atoms with Gasteiger partial charge in [0.25, 0.3) is 0 Å². The number of rotatable bonds is 5. The van der Waals surface area contributed by atoms with Gasteiger partial charge in [0.05, 0.1) is 7.11 Å². The molecule has 2 heterocycles. The van der Waals surface area contributed by atoms with Crippen molar-refractivity contribution < 1.29 is 4.74 Å². The molecule has 1 N–H and O–H groups in total. The molecule has 2 rings (SSSR count). The number of hydrogen-bond acceptors (Lipinski definition) is 5. The van der Waals surface area contributed by atoms with Crippen molar-refractivity contribution in [2.45, 2.75) is 20.3 Å². The molecule has 0 amide bonds. The number of aromatic nitrogens is 2. The predicted octanol–water partition coefficient (Wildman–Crippen LogP) is 1.55. The Kier molecular flexibility index (Phi) is 4.36. The summed E-state index contributed by atoms with van der Waals surface area (Å²) in [7, 11) is 1.63. The van der Waals surface area contributed by atoms with E-state index in [9.17, 15) is 0 Å². The highest BCUT2D eigenvalue weighted by Gasteiger charge is 2.20. The van der Waals surface area contributed by atoms with Crippen LogP contribution in [0.15, 0.2) is 6.07 Å². The average molecular weight is 250 g/mol. The van der Waals surface area contributed by atoms with Gasteiger partial charge in [0, 0.05) is 19.2 Å². The third-order valence-electron chi connectivity index (χ3n) is 3.41. The Balaban J connectivity index is 1.88. The van der Waals surface area contributed by atoms with Crippen LogP contribution in [0.25, 0.3) is 0 Å². The smallest absolute Gasteiger partial charge is 0.218 e. The fourth-order valence-electron chi connectivity index (χ4n) is 2.35. The maximum absolute atomic E-state index is 5.14. The maximum atomic E-state index is 5.14. The number of aryl methyl sites for hydroxylation is 1. The zero-order valence-corrected chi connectivity index (χ0v) is 11.4. The van der Waals surface area contributed by atoms with Gasteiger partial charge in [0.15, 0.2) is 0 Å². The molecular weight excluding hydrogens is 228 g/mol. The summed E-state index contributed by atoms with van der Waals surface area (Å²) in [6, 6.07) is 1.85. The minimum atomic E-state index is 0.617. The molecule has 0 radical (unpaired) electrons. The summed E-state index contributed by atoms with van der Waals surface area (Å²) < 4.78 is 5.14. The largest absolute Gasteiger partial charge is 0.481 e. The van der Waals surface area contributed by atoms with Gasteiger partial charge in [-0.1, -0.05) is 6.92 Å². The van der Waals surface area contributed by atoms with Crippen molar-refractivity contribution in [3.63, 3.8) is 0 Å². The standard InChI is InChI=1S/C13H22N4O/c1-4-17-6-5-11(9-17)8-14-12-7-13(18-3)16-10(2)15-12/h7,11H,4-6,8-9H2,1-3H3,(H,14,15,16). The van der Waals surface area contributed by atoms with E-state index >= 15 is 0 Å². The Hall–Kier alpha value is -1.36. The van der Waals surface area contributed by atoms with Crippen LogP contribution >= 0.6 is 0 Å². The Labute approximate surface area is 109 Å². The van der Waals surface area contributed by atoms with Gasteiger partial charge in [-0.2, -0.15) is 4.98 Å². The molecule has 0 spiro atoms. The topological polar surface area (TPSA) is 50.3 Å². The maximum Gasteiger partial charge on any atom is 0.218 e. The zero-order chi connectivity index (χ0) is 13.0. The van der Waals surface area contributed by atoms with E-state index in [1.54, 1.807) is 7.11 Å². The van der Waals surface area contributed by atoms with Gasteiger partial charge in [0.1, 0.15) is 11.6 Å². The highest BCUT2D eigenvalue weighted by atomic mass is 16.5. The number of anilines is 1. The van der Waals surface area contributed by atoms with E-state index in [-0.39, 0.29) is 0 Å². The lowest BCUT2D eigenvalue weighted by molar-refractivity contribution is 0.345. The summed E-state index contributed by atoms with van der Waals surface area (Å²) in [6.45, 7) is 8.61. The van der Waals surface area contributed by atoms with Crippen molar-refractivity contribution in [1.82, 2.24) is 14.9 Å². The Bertz CT molecular complexity index is 397. The first-order valence-corrected chi connectivity index (χ1v) is 6.57. The lowest BCUT2D eigenvalue weighted by atomic mass is 10.1. The van der Waals surface area contributed by atoms with Crippen LogP contribution in [-0.4, -0.2) is 48.2 Å². The monoisotopic (exact) mass is 250 g/mol. The molecule has 1 aromatic heterocycles. The molecular formula is C13H22N4O. The normalized spacial score (nSPS) is 20.1. The number of nitrogens with one attached hydrogen (secondary N) is 1. The van der Waals surface area contributed by atoms with Crippen LogP contribution in [0.3, 0.4) is 0 Å². The third-order valence-corrected chi connectivity index (χ3v) is 3.41. The second-order valence-electron chi connectivity index (χ2n) is 4.77. The fourth-order valence-corrected chi connectivity index (χ4v) is 2.35. The van der Waals surface area contributed by atoms with Crippen molar-refractivity contribution in [2.24, 2.45) is 5.92 Å². The number of hydrogen-bond donors (Lipinski definition) is 1. The Morgan fingerprint density at radius 1 is 1.50 bits per heavy atom. The number of likely N-dealkylation sites (tertiary alicyclic amines) is 1. The predicted molar refractivity (Wildman–Crippen MR) is 72.0 cm³/mol. The van der Waals surface area contributed by atoms with E-state index in [1.165, 1.54) is 19.5 Å². The van der Waals surface area contributed by atoms with Gasteiger partial charge in [-0.15, -0.1) is 0 Å². The average Bonchev–Trinajstić information content (AvgIpc) is 2.83. The van der Waals surface area contributed by atoms with E-state index in [0.717, 1.165) is 24.7 Å². The van der Waals surface area contributed by atoms with Crippen molar-refractivity contribution in [1.29, 1.82) is 0 Å². The summed E-state index contributed by atoms with van der Waals surface area (Å²) in [6.07, 6.45) is 1.27. The molecule has 5 heteroatoms. The minimum Gasteiger partial charge on any atom is -0.481 e. The third kappa shape index (κ3) is 3.32. The molecule has 100 valence electrons. The van der Waals surface area contributed by atoms with E-state index in [1.807, 2.05) is 13.0 Å². The molecule has 0 aliphatic carbocycles. The van der Waals surface area contributed by atoms with Crippen LogP contribution in [0.5, 0.6) is 5.88 Å². The van der Waals surface area contributed by atoms with Crippen LogP contribution < -0.4 is 10.1 Å². The van der Waals surface area contributed by atoms with Gasteiger partial charge < -0.3 is 15.0 Å². The lowest BCUT2D eigenvalue weighted by Gasteiger charge is -2.14. The van der Waals surface area contributed by atoms with E-state index in [4.69, 9.17) is 4.74 Å². The summed E-state index contributed by atoms with van der Waals surface area (Å²) in [5, 5.41) is 3.39. The van der Waals surface area contributed by atoms with Crippen molar-refractivity contribution in [3.05, 3.63) is 11.9 Å². The number of ether oxygens (including phenoxy) is 1. The van der Waals surface area contributed by atoms with Gasteiger partial charge in [-0.3, -0.25) is 0 Å². The molecule has 1 atom stereocenters. The minimum absolute atomic E-state index is 0.617. The summed E-state index contributed by atoms with van der Waals surface area (Å²) in [5.74, 6) is 2.92. The number of nitrogens with zero attached hydrogens (tertiary/aromatic N) is 3. The molecule has 0 saturated carbocycles. The Morgan fingerprint density at radius 3 is 3.00 bits per heavy atom. The van der Waals surface area contributed by atoms with Crippen molar-refractivity contribution in [2.75, 3.05) is 38.6 Å². The SMILES string of the molecule is CCN1CCC(CNc2cc(OC)nc(C)n2)C1. The lowest BCUT2D eigenvalue weighted by Crippen LogP contribution is -2.22. The molecule has 1 aliphatic rings. The summed E-state index contributed by atoms with van der Waals surface area (Å²) in [4.78, 5) is 11.0. The first kappa shape index (κ1) is 13.1. The van der Waals surface area contributed by atoms with Gasteiger partial charge in [-0.05, 0) is 32.4 Å². The molecule has 1 fully saturated rings. The van der Waals surface area contributed by atoms with Crippen LogP contribution in [0.4, 0.5) is 5.82 Å². The summed E-state index contributed by atoms with van der Waals surface area (Å²) >= 11 is 0. The second kappa shape index (κ2) is 6.00. The molecule has 1 saturated heterocycles. The highest BCUT2D eigenvalue weighted by molar-refractivity contribution is 5.38. The molecule has 1 aromatic rings. The van der Waals surface area contributed by atoms with Crippen LogP contribution in [0, 0.1) is 12.8 Å². The summed E-state index contributed by atoms with van der Waals surface area (Å²) in [5.41, 5.74) is 0. The van der Waals surface area contributed by atoms with Gasteiger partial charge in [0.2, 0.25) is 5.88 Å². The second-order valence-corrected chi connectivity index (χ2v) is 4.77. The van der Waals surface area contributed by atoms with E-state index in [0.29, 0.717) is 11.8 Å². The first-order chi connectivity index (χ1) is 8.71. The van der Waals surface area contributed by atoms with Crippen LogP contribution in [-0.2, 0) is 0 Å². The molecule has 0 bridgehead atoms. The molecule has 1 aliphatic heterocycles. The molecule has 0 aromatic carbocycles. The van der Waals surface area contributed by atoms with Crippen LogP contribution in [0.2, 0.25) is 0 Å². The van der Waals surface area contributed by atoms with E-state index in [2.05, 4.69) is 27.1 Å². The number of methoxy groups -OCH3 is 1. The highest BCUT2D eigenvalue weighted by Crippen LogP contribution is 2.18. The van der Waals surface area contributed by atoms with E-state index < -0.39 is 0 Å². The quantitative estimate of drug-likeness (QED) is 0.859.